The number of ether oxygens (including phenoxy) is 4. The van der Waals surface area contributed by atoms with Crippen molar-refractivity contribution in [2.24, 2.45) is 0 Å². The maximum absolute atomic E-state index is 14.6. The van der Waals surface area contributed by atoms with Crippen LogP contribution in [0.3, 0.4) is 0 Å². The second kappa shape index (κ2) is 24.3. The van der Waals surface area contributed by atoms with Crippen molar-refractivity contribution >= 4 is 5.97 Å². The van der Waals surface area contributed by atoms with Gasteiger partial charge in [0, 0.05) is 18.0 Å². The molecule has 2 heterocycles. The first-order chi connectivity index (χ1) is 27.7. The smallest absolute Gasteiger partial charge is 0.343 e. The van der Waals surface area contributed by atoms with E-state index in [1.165, 1.54) is 89.2 Å². The molecule has 57 heavy (non-hydrogen) atoms. The standard InChI is InChI=1S/C26H32F2O4.C20H26F2N2O/c1-3-5-6-7-8-9-17-30-21-16-15-20(23(27)24(21)28)18-11-13-19(14-12-18)31-26(29)25-22(32-25)10-4-2;1-3-4-5-6-7-8-9-10-15-13-23-20(24-14-15)16-11-12-17(25-2)19(22)18(16)21/h11-16,22,25H,3-10,17H2,1-2H3;11-14H,3-10H2,1-2H3. The number of nitrogens with zero attached hydrogens (tertiary/aromatic N) is 2. The molecule has 5 rings (SSSR count). The van der Waals surface area contributed by atoms with E-state index in [0.717, 1.165) is 50.5 Å². The van der Waals surface area contributed by atoms with Gasteiger partial charge in [-0.2, -0.15) is 8.78 Å². The van der Waals surface area contributed by atoms with Crippen LogP contribution in [-0.4, -0.2) is 41.9 Å². The normalized spacial score (nSPS) is 14.5. The van der Waals surface area contributed by atoms with Crippen molar-refractivity contribution in [2.45, 2.75) is 136 Å². The molecule has 11 heteroatoms. The van der Waals surface area contributed by atoms with Crippen LogP contribution in [0.5, 0.6) is 17.2 Å². The molecule has 0 N–H and O–H groups in total. The summed E-state index contributed by atoms with van der Waals surface area (Å²) in [7, 11) is 1.30. The third kappa shape index (κ3) is 14.1. The Morgan fingerprint density at radius 1 is 0.649 bits per heavy atom. The van der Waals surface area contributed by atoms with Gasteiger partial charge in [0.25, 0.3) is 0 Å². The molecule has 4 aromatic rings. The summed E-state index contributed by atoms with van der Waals surface area (Å²) < 4.78 is 77.8. The Labute approximate surface area is 335 Å². The number of rotatable bonds is 23. The summed E-state index contributed by atoms with van der Waals surface area (Å²) in [5, 5.41) is 0. The summed E-state index contributed by atoms with van der Waals surface area (Å²) in [6.45, 7) is 6.78. The van der Waals surface area contributed by atoms with E-state index in [2.05, 4.69) is 23.8 Å². The fourth-order valence-corrected chi connectivity index (χ4v) is 6.43. The number of aromatic nitrogens is 2. The summed E-state index contributed by atoms with van der Waals surface area (Å²) in [6, 6.07) is 12.1. The maximum Gasteiger partial charge on any atom is 0.343 e. The summed E-state index contributed by atoms with van der Waals surface area (Å²) in [5.41, 5.74) is 1.67. The Kier molecular flexibility index (Phi) is 19.3. The number of halogens is 4. The van der Waals surface area contributed by atoms with E-state index in [1.54, 1.807) is 36.7 Å². The molecule has 3 aromatic carbocycles. The van der Waals surface area contributed by atoms with Gasteiger partial charge in [0.05, 0.1) is 25.4 Å². The quantitative estimate of drug-likeness (QED) is 0.0243. The second-order valence-electron chi connectivity index (χ2n) is 14.4. The lowest BCUT2D eigenvalue weighted by molar-refractivity contribution is -0.135. The van der Waals surface area contributed by atoms with Crippen LogP contribution in [0.1, 0.15) is 123 Å². The fraction of sp³-hybridized carbons (Fsp3) is 0.500. The third-order valence-electron chi connectivity index (χ3n) is 9.86. The predicted octanol–water partition coefficient (Wildman–Crippen LogP) is 12.6. The highest BCUT2D eigenvalue weighted by molar-refractivity contribution is 5.80. The molecule has 7 nitrogen and oxygen atoms in total. The molecule has 1 fully saturated rings. The van der Waals surface area contributed by atoms with Crippen LogP contribution in [0.25, 0.3) is 22.5 Å². The number of benzene rings is 3. The number of epoxide rings is 1. The molecule has 0 aliphatic carbocycles. The average molecular weight is 795 g/mol. The van der Waals surface area contributed by atoms with Gasteiger partial charge in [-0.1, -0.05) is 110 Å². The third-order valence-corrected chi connectivity index (χ3v) is 9.86. The number of hydrogen-bond acceptors (Lipinski definition) is 7. The van der Waals surface area contributed by atoms with Gasteiger partial charge in [-0.3, -0.25) is 0 Å². The van der Waals surface area contributed by atoms with E-state index in [1.807, 2.05) is 6.92 Å². The van der Waals surface area contributed by atoms with Crippen molar-refractivity contribution < 1.29 is 41.3 Å². The Balaban J connectivity index is 0.000000261. The lowest BCUT2D eigenvalue weighted by Crippen LogP contribution is -2.17. The first-order valence-electron chi connectivity index (χ1n) is 20.6. The monoisotopic (exact) mass is 794 g/mol. The maximum atomic E-state index is 14.6. The molecular formula is C46H58F4N2O5. The molecular weight excluding hydrogens is 737 g/mol. The minimum atomic E-state index is -1.02. The highest BCUT2D eigenvalue weighted by Gasteiger charge is 2.45. The van der Waals surface area contributed by atoms with E-state index in [9.17, 15) is 22.4 Å². The van der Waals surface area contributed by atoms with E-state index in [0.29, 0.717) is 17.9 Å². The molecule has 2 atom stereocenters. The Morgan fingerprint density at radius 3 is 1.84 bits per heavy atom. The number of aryl methyl sites for hydroxylation is 1. The molecule has 1 aromatic heterocycles. The van der Waals surface area contributed by atoms with Gasteiger partial charge in [0.15, 0.2) is 35.1 Å². The topological polar surface area (TPSA) is 83.1 Å². The average Bonchev–Trinajstić information content (AvgIpc) is 4.00. The number of unbranched alkanes of at least 4 members (excludes halogenated alkanes) is 11. The molecule has 1 aliphatic heterocycles. The molecule has 0 bridgehead atoms. The predicted molar refractivity (Wildman–Crippen MR) is 216 cm³/mol. The summed E-state index contributed by atoms with van der Waals surface area (Å²) in [6.07, 6.45) is 20.8. The van der Waals surface area contributed by atoms with Gasteiger partial charge < -0.3 is 18.9 Å². The zero-order valence-corrected chi connectivity index (χ0v) is 33.9. The Morgan fingerprint density at radius 2 is 1.21 bits per heavy atom. The first-order valence-corrected chi connectivity index (χ1v) is 20.6. The van der Waals surface area contributed by atoms with Crippen LogP contribution in [0.4, 0.5) is 17.6 Å². The zero-order chi connectivity index (χ0) is 41.0. The Bertz CT molecular complexity index is 1810. The van der Waals surface area contributed by atoms with Gasteiger partial charge in [-0.15, -0.1) is 0 Å². The van der Waals surface area contributed by atoms with Crippen LogP contribution in [0.15, 0.2) is 60.9 Å². The highest BCUT2D eigenvalue weighted by Crippen LogP contribution is 2.33. The van der Waals surface area contributed by atoms with Crippen LogP contribution in [0, 0.1) is 23.3 Å². The van der Waals surface area contributed by atoms with E-state index >= 15 is 0 Å². The highest BCUT2D eigenvalue weighted by atomic mass is 19.2. The van der Waals surface area contributed by atoms with Crippen molar-refractivity contribution in [3.05, 3.63) is 89.8 Å². The molecule has 0 amide bonds. The zero-order valence-electron chi connectivity index (χ0n) is 33.9. The van der Waals surface area contributed by atoms with Crippen molar-refractivity contribution in [1.82, 2.24) is 9.97 Å². The van der Waals surface area contributed by atoms with Gasteiger partial charge in [0.2, 0.25) is 11.6 Å². The van der Waals surface area contributed by atoms with Crippen LogP contribution < -0.4 is 14.2 Å². The van der Waals surface area contributed by atoms with Crippen LogP contribution in [-0.2, 0) is 16.0 Å². The number of methoxy groups -OCH3 is 1. The van der Waals surface area contributed by atoms with Gasteiger partial charge in [0.1, 0.15) is 5.75 Å². The van der Waals surface area contributed by atoms with Crippen molar-refractivity contribution in [3.63, 3.8) is 0 Å². The number of esters is 1. The Hall–Kier alpha value is -4.51. The molecule has 0 saturated carbocycles. The van der Waals surface area contributed by atoms with Crippen molar-refractivity contribution in [2.75, 3.05) is 13.7 Å². The first kappa shape index (κ1) is 45.2. The summed E-state index contributed by atoms with van der Waals surface area (Å²) >= 11 is 0. The SMILES string of the molecule is CCCCCCCCCc1cnc(-c2ccc(OC)c(F)c2F)nc1.CCCCCCCCOc1ccc(-c2ccc(OC(=O)C3OC3CCC)cc2)c(F)c1F. The minimum Gasteiger partial charge on any atom is -0.494 e. The van der Waals surface area contributed by atoms with Gasteiger partial charge >= 0.3 is 5.97 Å². The fourth-order valence-electron chi connectivity index (χ4n) is 6.43. The summed E-state index contributed by atoms with van der Waals surface area (Å²) in [5.74, 6) is -4.06. The minimum absolute atomic E-state index is 0.0424. The molecule has 310 valence electrons. The van der Waals surface area contributed by atoms with Gasteiger partial charge in [-0.25, -0.2) is 23.5 Å². The molecule has 1 aliphatic rings. The molecule has 0 spiro atoms. The van der Waals surface area contributed by atoms with Crippen LogP contribution >= 0.6 is 0 Å². The molecule has 2 unspecified atom stereocenters. The number of hydrogen-bond donors (Lipinski definition) is 0. The van der Waals surface area contributed by atoms with Gasteiger partial charge in [-0.05, 0) is 73.2 Å². The lowest BCUT2D eigenvalue weighted by atomic mass is 10.0. The number of carbonyl (C=O) groups is 1. The van der Waals surface area contributed by atoms with Crippen molar-refractivity contribution in [3.8, 4) is 39.8 Å². The van der Waals surface area contributed by atoms with E-state index in [4.69, 9.17) is 18.9 Å². The number of carbonyl (C=O) groups excluding carboxylic acids is 1. The second-order valence-corrected chi connectivity index (χ2v) is 14.4. The van der Waals surface area contributed by atoms with Crippen LogP contribution in [0.2, 0.25) is 0 Å². The van der Waals surface area contributed by atoms with E-state index in [-0.39, 0.29) is 34.6 Å². The molecule has 0 radical (unpaired) electrons. The summed E-state index contributed by atoms with van der Waals surface area (Å²) in [4.78, 5) is 20.4. The largest absolute Gasteiger partial charge is 0.494 e. The molecule has 1 saturated heterocycles. The van der Waals surface area contributed by atoms with Crippen molar-refractivity contribution in [1.29, 1.82) is 0 Å². The lowest BCUT2D eigenvalue weighted by Gasteiger charge is -2.11. The van der Waals surface area contributed by atoms with E-state index < -0.39 is 35.3 Å².